The summed E-state index contributed by atoms with van der Waals surface area (Å²) >= 11 is 1.46. The lowest BCUT2D eigenvalue weighted by atomic mass is 10.2. The largest absolute Gasteiger partial charge is 0.497 e. The van der Waals surface area contributed by atoms with Crippen LogP contribution in [0.15, 0.2) is 23.4 Å². The molecule has 1 heterocycles. The predicted molar refractivity (Wildman–Crippen MR) is 95.1 cm³/mol. The van der Waals surface area contributed by atoms with Gasteiger partial charge in [0.2, 0.25) is 5.91 Å². The smallest absolute Gasteiger partial charge is 0.236 e. The molecule has 23 heavy (non-hydrogen) atoms. The maximum absolute atomic E-state index is 12.7. The van der Waals surface area contributed by atoms with Gasteiger partial charge in [0, 0.05) is 18.2 Å². The second kappa shape index (κ2) is 7.25. The normalized spacial score (nSPS) is 12.9. The van der Waals surface area contributed by atoms with Crippen LogP contribution in [0.5, 0.6) is 5.75 Å². The summed E-state index contributed by atoms with van der Waals surface area (Å²) in [4.78, 5) is 22.4. The van der Waals surface area contributed by atoms with Crippen LogP contribution in [0.2, 0.25) is 0 Å². The predicted octanol–water partition coefficient (Wildman–Crippen LogP) is 3.70. The number of rotatable bonds is 6. The van der Waals surface area contributed by atoms with Gasteiger partial charge in [0.15, 0.2) is 5.16 Å². The van der Waals surface area contributed by atoms with Crippen molar-refractivity contribution in [1.29, 1.82) is 0 Å². The van der Waals surface area contributed by atoms with Gasteiger partial charge in [0.1, 0.15) is 5.75 Å². The van der Waals surface area contributed by atoms with Crippen LogP contribution in [0.4, 0.5) is 0 Å². The van der Waals surface area contributed by atoms with Crippen LogP contribution in [0.1, 0.15) is 34.6 Å². The maximum Gasteiger partial charge on any atom is 0.236 e. The highest BCUT2D eigenvalue weighted by atomic mass is 32.2. The second-order valence-electron chi connectivity index (χ2n) is 6.12. The van der Waals surface area contributed by atoms with Gasteiger partial charge in [-0.15, -0.1) is 0 Å². The van der Waals surface area contributed by atoms with Gasteiger partial charge >= 0.3 is 0 Å². The number of hydrogen-bond donors (Lipinski definition) is 1. The Morgan fingerprint density at radius 1 is 1.22 bits per heavy atom. The van der Waals surface area contributed by atoms with E-state index in [9.17, 15) is 4.79 Å². The Balaban J connectivity index is 2.16. The lowest BCUT2D eigenvalue weighted by Gasteiger charge is -2.32. The molecule has 1 unspecified atom stereocenters. The van der Waals surface area contributed by atoms with Crippen LogP contribution >= 0.6 is 11.8 Å². The van der Waals surface area contributed by atoms with E-state index in [-0.39, 0.29) is 23.2 Å². The minimum absolute atomic E-state index is 0.137. The summed E-state index contributed by atoms with van der Waals surface area (Å²) in [7, 11) is 1.64. The van der Waals surface area contributed by atoms with Crippen molar-refractivity contribution in [2.24, 2.45) is 0 Å². The second-order valence-corrected chi connectivity index (χ2v) is 7.45. The number of carbonyl (C=O) groups is 1. The molecule has 0 aliphatic rings. The van der Waals surface area contributed by atoms with E-state index in [0.717, 1.165) is 21.9 Å². The van der Waals surface area contributed by atoms with Gasteiger partial charge in [-0.25, -0.2) is 4.98 Å². The fraction of sp³-hybridized carbons (Fsp3) is 0.529. The molecule has 1 aromatic carbocycles. The molecule has 1 atom stereocenters. The molecule has 0 fully saturated rings. The van der Waals surface area contributed by atoms with Gasteiger partial charge in [-0.05, 0) is 46.8 Å². The first-order valence-electron chi connectivity index (χ1n) is 7.86. The zero-order valence-corrected chi connectivity index (χ0v) is 15.4. The number of carbonyl (C=O) groups excluding carboxylic acids is 1. The molecule has 1 aromatic heterocycles. The van der Waals surface area contributed by atoms with Crippen molar-refractivity contribution in [3.63, 3.8) is 0 Å². The van der Waals surface area contributed by atoms with Crippen LogP contribution in [0.25, 0.3) is 11.0 Å². The van der Waals surface area contributed by atoms with Crippen LogP contribution < -0.4 is 4.74 Å². The fourth-order valence-electron chi connectivity index (χ4n) is 2.68. The number of nitrogens with zero attached hydrogens (tertiary/aromatic N) is 2. The highest BCUT2D eigenvalue weighted by molar-refractivity contribution is 8.00. The number of thioether (sulfide) groups is 1. The number of imidazole rings is 1. The first kappa shape index (κ1) is 17.7. The van der Waals surface area contributed by atoms with E-state index in [0.29, 0.717) is 0 Å². The third-order valence-electron chi connectivity index (χ3n) is 3.67. The van der Waals surface area contributed by atoms with Crippen molar-refractivity contribution in [1.82, 2.24) is 14.9 Å². The van der Waals surface area contributed by atoms with Crippen LogP contribution in [-0.4, -0.2) is 45.2 Å². The third-order valence-corrected chi connectivity index (χ3v) is 4.64. The maximum atomic E-state index is 12.7. The van der Waals surface area contributed by atoms with Crippen molar-refractivity contribution in [3.8, 4) is 5.75 Å². The average Bonchev–Trinajstić information content (AvgIpc) is 2.87. The average molecular weight is 335 g/mol. The number of methoxy groups -OCH3 is 1. The molecule has 0 bridgehead atoms. The zero-order valence-electron chi connectivity index (χ0n) is 14.6. The molecule has 0 aliphatic heterocycles. The number of hydrogen-bond acceptors (Lipinski definition) is 4. The Morgan fingerprint density at radius 3 is 2.43 bits per heavy atom. The number of ether oxygens (including phenoxy) is 1. The number of aromatic amines is 1. The van der Waals surface area contributed by atoms with Crippen LogP contribution in [0, 0.1) is 0 Å². The monoisotopic (exact) mass is 335 g/mol. The fourth-order valence-corrected chi connectivity index (χ4v) is 3.56. The number of amides is 1. The van der Waals surface area contributed by atoms with Gasteiger partial charge in [-0.2, -0.15) is 0 Å². The van der Waals surface area contributed by atoms with E-state index in [1.165, 1.54) is 11.8 Å². The Morgan fingerprint density at radius 2 is 1.87 bits per heavy atom. The van der Waals surface area contributed by atoms with Crippen molar-refractivity contribution in [2.45, 2.75) is 57.1 Å². The molecule has 2 aromatic rings. The van der Waals surface area contributed by atoms with Gasteiger partial charge in [0.05, 0.1) is 23.4 Å². The molecular weight excluding hydrogens is 310 g/mol. The Labute approximate surface area is 141 Å². The minimum atomic E-state index is -0.192. The Hall–Kier alpha value is -1.69. The molecule has 0 saturated heterocycles. The summed E-state index contributed by atoms with van der Waals surface area (Å²) in [5.74, 6) is 0.922. The summed E-state index contributed by atoms with van der Waals surface area (Å²) in [6.07, 6.45) is 0. The number of nitrogens with one attached hydrogen (secondary N) is 1. The summed E-state index contributed by atoms with van der Waals surface area (Å²) < 4.78 is 5.22. The molecule has 5 nitrogen and oxygen atoms in total. The van der Waals surface area contributed by atoms with Crippen molar-refractivity contribution in [3.05, 3.63) is 18.2 Å². The Kier molecular flexibility index (Phi) is 5.57. The van der Waals surface area contributed by atoms with E-state index >= 15 is 0 Å². The summed E-state index contributed by atoms with van der Waals surface area (Å²) in [5.41, 5.74) is 1.79. The van der Waals surface area contributed by atoms with Crippen molar-refractivity contribution in [2.75, 3.05) is 7.11 Å². The molecule has 126 valence electrons. The molecule has 6 heteroatoms. The van der Waals surface area contributed by atoms with Crippen LogP contribution in [0.3, 0.4) is 0 Å². The molecule has 0 spiro atoms. The first-order valence-corrected chi connectivity index (χ1v) is 8.74. The number of fused-ring (bicyclic) bond motifs is 1. The van der Waals surface area contributed by atoms with E-state index in [4.69, 9.17) is 4.74 Å². The third kappa shape index (κ3) is 3.99. The first-order chi connectivity index (χ1) is 10.8. The lowest BCUT2D eigenvalue weighted by molar-refractivity contribution is -0.133. The van der Waals surface area contributed by atoms with E-state index in [2.05, 4.69) is 9.97 Å². The topological polar surface area (TPSA) is 58.2 Å². The number of H-pyrrole nitrogens is 1. The molecule has 0 aliphatic carbocycles. The molecule has 0 saturated carbocycles. The Bertz CT molecular complexity index is 674. The van der Waals surface area contributed by atoms with E-state index < -0.39 is 0 Å². The molecule has 1 amide bonds. The molecule has 1 N–H and O–H groups in total. The number of benzene rings is 1. The van der Waals surface area contributed by atoms with Gasteiger partial charge in [-0.1, -0.05) is 11.8 Å². The number of aromatic nitrogens is 2. The van der Waals surface area contributed by atoms with Crippen molar-refractivity contribution >= 4 is 28.7 Å². The molecule has 2 rings (SSSR count). The quantitative estimate of drug-likeness (QED) is 0.818. The highest BCUT2D eigenvalue weighted by Gasteiger charge is 2.26. The van der Waals surface area contributed by atoms with Gasteiger partial charge in [-0.3, -0.25) is 4.79 Å². The SMILES string of the molecule is COc1ccc2nc(SC(C)C(=O)N(C(C)C)C(C)C)[nH]c2c1. The van der Waals surface area contributed by atoms with E-state index in [1.807, 2.05) is 57.7 Å². The lowest BCUT2D eigenvalue weighted by Crippen LogP contribution is -2.45. The molecule has 0 radical (unpaired) electrons. The minimum Gasteiger partial charge on any atom is -0.497 e. The van der Waals surface area contributed by atoms with Gasteiger partial charge < -0.3 is 14.6 Å². The zero-order chi connectivity index (χ0) is 17.1. The van der Waals surface area contributed by atoms with Crippen molar-refractivity contribution < 1.29 is 9.53 Å². The summed E-state index contributed by atoms with van der Waals surface area (Å²) in [6, 6.07) is 6.07. The summed E-state index contributed by atoms with van der Waals surface area (Å²) in [6.45, 7) is 10.1. The van der Waals surface area contributed by atoms with Gasteiger partial charge in [0.25, 0.3) is 0 Å². The highest BCUT2D eigenvalue weighted by Crippen LogP contribution is 2.27. The standard InChI is InChI=1S/C17H25N3O2S/c1-10(2)20(11(3)4)16(21)12(5)23-17-18-14-8-7-13(22-6)9-15(14)19-17/h7-12H,1-6H3,(H,18,19). The van der Waals surface area contributed by atoms with E-state index in [1.54, 1.807) is 7.11 Å². The molecular formula is C17H25N3O2S. The summed E-state index contributed by atoms with van der Waals surface area (Å²) in [5, 5.41) is 0.559. The van der Waals surface area contributed by atoms with Crippen LogP contribution in [-0.2, 0) is 4.79 Å².